The van der Waals surface area contributed by atoms with Crippen molar-refractivity contribution < 1.29 is 9.59 Å². The number of nitrogens with zero attached hydrogens (tertiary/aromatic N) is 1. The van der Waals surface area contributed by atoms with Crippen LogP contribution in [0.2, 0.25) is 0 Å². The summed E-state index contributed by atoms with van der Waals surface area (Å²) in [6.07, 6.45) is 2.64. The van der Waals surface area contributed by atoms with E-state index in [1.54, 1.807) is 24.3 Å². The molecule has 1 aliphatic heterocycles. The maximum atomic E-state index is 11.3. The number of hydrogen-bond donors (Lipinski definition) is 0. The van der Waals surface area contributed by atoms with Gasteiger partial charge in [-0.15, -0.1) is 0 Å². The van der Waals surface area contributed by atoms with Crippen LogP contribution in [-0.4, -0.2) is 23.8 Å². The van der Waals surface area contributed by atoms with Crippen LogP contribution in [0.4, 0.5) is 0 Å². The van der Waals surface area contributed by atoms with Gasteiger partial charge in [-0.3, -0.25) is 14.5 Å². The summed E-state index contributed by atoms with van der Waals surface area (Å²) >= 11 is 0. The molecule has 0 spiro atoms. The summed E-state index contributed by atoms with van der Waals surface area (Å²) in [6, 6.07) is 6.84. The third kappa shape index (κ3) is 3.69. The fraction of sp³-hybridized carbons (Fsp3) is 0.467. The van der Waals surface area contributed by atoms with Crippen molar-refractivity contribution in [2.45, 2.75) is 40.5 Å². The molecule has 2 amide bonds. The molecule has 0 aromatic heterocycles. The Morgan fingerprint density at radius 1 is 0.889 bits per heavy atom. The molecular formula is C15H23NO2. The van der Waals surface area contributed by atoms with Gasteiger partial charge in [0, 0.05) is 7.05 Å². The van der Waals surface area contributed by atoms with Crippen LogP contribution >= 0.6 is 0 Å². The third-order valence-corrected chi connectivity index (χ3v) is 2.50. The van der Waals surface area contributed by atoms with E-state index in [1.165, 1.54) is 19.9 Å². The van der Waals surface area contributed by atoms with Crippen molar-refractivity contribution in [3.63, 3.8) is 0 Å². The average Bonchev–Trinajstić information content (AvgIpc) is 2.67. The predicted octanol–water partition coefficient (Wildman–Crippen LogP) is 3.75. The van der Waals surface area contributed by atoms with Gasteiger partial charge in [0.15, 0.2) is 0 Å². The van der Waals surface area contributed by atoms with E-state index in [0.29, 0.717) is 11.1 Å². The third-order valence-electron chi connectivity index (χ3n) is 2.50. The zero-order valence-corrected chi connectivity index (χ0v) is 12.0. The van der Waals surface area contributed by atoms with E-state index in [-0.39, 0.29) is 11.8 Å². The lowest BCUT2D eigenvalue weighted by Crippen LogP contribution is -2.24. The molecule has 2 rings (SSSR count). The standard InChI is InChI=1S/C9H7NO2.C4H10.C2H6/c1-10-8(11)6-4-2-3-5-7(6)9(10)12;1-3-4-2;1-2/h2-5H,1H3;3-4H2,1-2H3;1-2H3. The molecule has 0 bridgehead atoms. The second kappa shape index (κ2) is 8.45. The molecule has 0 saturated heterocycles. The highest BCUT2D eigenvalue weighted by Gasteiger charge is 2.31. The molecule has 3 heteroatoms. The molecule has 0 unspecified atom stereocenters. The molecule has 100 valence electrons. The molecule has 1 heterocycles. The van der Waals surface area contributed by atoms with Gasteiger partial charge >= 0.3 is 0 Å². The molecule has 1 aromatic carbocycles. The highest BCUT2D eigenvalue weighted by Crippen LogP contribution is 2.20. The Balaban J connectivity index is 0.000000415. The highest BCUT2D eigenvalue weighted by atomic mass is 16.2. The van der Waals surface area contributed by atoms with E-state index in [0.717, 1.165) is 4.90 Å². The lowest BCUT2D eigenvalue weighted by Gasteiger charge is -2.02. The second-order valence-corrected chi connectivity index (χ2v) is 3.71. The van der Waals surface area contributed by atoms with E-state index in [4.69, 9.17) is 0 Å². The van der Waals surface area contributed by atoms with Crippen molar-refractivity contribution in [3.8, 4) is 0 Å². The smallest absolute Gasteiger partial charge is 0.261 e. The molecule has 0 saturated carbocycles. The van der Waals surface area contributed by atoms with Crippen molar-refractivity contribution in [2.24, 2.45) is 0 Å². The van der Waals surface area contributed by atoms with Crippen LogP contribution in [0.1, 0.15) is 61.3 Å². The monoisotopic (exact) mass is 249 g/mol. The molecule has 3 nitrogen and oxygen atoms in total. The minimum absolute atomic E-state index is 0.212. The van der Waals surface area contributed by atoms with Gasteiger partial charge in [-0.05, 0) is 12.1 Å². The van der Waals surface area contributed by atoms with E-state index >= 15 is 0 Å². The fourth-order valence-corrected chi connectivity index (χ4v) is 1.31. The van der Waals surface area contributed by atoms with Gasteiger partial charge in [0.25, 0.3) is 11.8 Å². The summed E-state index contributed by atoms with van der Waals surface area (Å²) in [5.74, 6) is -0.425. The normalized spacial score (nSPS) is 12.2. The second-order valence-electron chi connectivity index (χ2n) is 3.71. The zero-order valence-electron chi connectivity index (χ0n) is 12.0. The lowest BCUT2D eigenvalue weighted by atomic mass is 10.1. The van der Waals surface area contributed by atoms with Crippen molar-refractivity contribution in [3.05, 3.63) is 35.4 Å². The SMILES string of the molecule is CC.CCCC.CN1C(=O)c2ccccc2C1=O. The Kier molecular flexibility index (Phi) is 7.68. The first kappa shape index (κ1) is 16.4. The first-order valence-corrected chi connectivity index (χ1v) is 6.54. The maximum Gasteiger partial charge on any atom is 0.261 e. The zero-order chi connectivity index (χ0) is 14.1. The largest absolute Gasteiger partial charge is 0.277 e. The number of rotatable bonds is 1. The van der Waals surface area contributed by atoms with Gasteiger partial charge in [-0.1, -0.05) is 52.7 Å². The molecule has 1 aliphatic rings. The van der Waals surface area contributed by atoms with Gasteiger partial charge < -0.3 is 0 Å². The van der Waals surface area contributed by atoms with E-state index in [2.05, 4.69) is 13.8 Å². The number of carbonyl (C=O) groups excluding carboxylic acids is 2. The van der Waals surface area contributed by atoms with Crippen LogP contribution in [0.5, 0.6) is 0 Å². The Bertz CT molecular complexity index is 362. The number of unbranched alkanes of at least 4 members (excludes halogenated alkanes) is 1. The summed E-state index contributed by atoms with van der Waals surface area (Å²) in [6.45, 7) is 8.36. The average molecular weight is 249 g/mol. The van der Waals surface area contributed by atoms with Gasteiger partial charge in [-0.2, -0.15) is 0 Å². The molecule has 0 aliphatic carbocycles. The Morgan fingerprint density at radius 3 is 1.50 bits per heavy atom. The summed E-state index contributed by atoms with van der Waals surface area (Å²) in [4.78, 5) is 23.8. The van der Waals surface area contributed by atoms with Gasteiger partial charge in [0.1, 0.15) is 0 Å². The van der Waals surface area contributed by atoms with Crippen LogP contribution in [0.3, 0.4) is 0 Å². The van der Waals surface area contributed by atoms with Crippen molar-refractivity contribution in [1.82, 2.24) is 4.90 Å². The number of benzene rings is 1. The highest BCUT2D eigenvalue weighted by molar-refractivity contribution is 6.21. The fourth-order valence-electron chi connectivity index (χ4n) is 1.31. The Labute approximate surface area is 110 Å². The number of hydrogen-bond acceptors (Lipinski definition) is 2. The van der Waals surface area contributed by atoms with E-state index < -0.39 is 0 Å². The number of imide groups is 1. The van der Waals surface area contributed by atoms with Crippen molar-refractivity contribution >= 4 is 11.8 Å². The van der Waals surface area contributed by atoms with Crippen LogP contribution < -0.4 is 0 Å². The van der Waals surface area contributed by atoms with Crippen molar-refractivity contribution in [1.29, 1.82) is 0 Å². The van der Waals surface area contributed by atoms with Crippen LogP contribution in [-0.2, 0) is 0 Å². The predicted molar refractivity (Wildman–Crippen MR) is 74.8 cm³/mol. The maximum absolute atomic E-state index is 11.3. The van der Waals surface area contributed by atoms with Crippen LogP contribution in [0.25, 0.3) is 0 Å². The number of carbonyl (C=O) groups is 2. The molecular weight excluding hydrogens is 226 g/mol. The van der Waals surface area contributed by atoms with Crippen LogP contribution in [0, 0.1) is 0 Å². The van der Waals surface area contributed by atoms with Gasteiger partial charge in [-0.25, -0.2) is 0 Å². The molecule has 0 radical (unpaired) electrons. The van der Waals surface area contributed by atoms with Gasteiger partial charge in [0.05, 0.1) is 11.1 Å². The number of fused-ring (bicyclic) bond motifs is 1. The first-order valence-electron chi connectivity index (χ1n) is 6.54. The topological polar surface area (TPSA) is 37.4 Å². The molecule has 18 heavy (non-hydrogen) atoms. The van der Waals surface area contributed by atoms with E-state index in [1.807, 2.05) is 13.8 Å². The summed E-state index contributed by atoms with van der Waals surface area (Å²) in [5, 5.41) is 0. The molecule has 1 aromatic rings. The minimum atomic E-state index is -0.212. The van der Waals surface area contributed by atoms with E-state index in [9.17, 15) is 9.59 Å². The minimum Gasteiger partial charge on any atom is -0.277 e. The van der Waals surface area contributed by atoms with Gasteiger partial charge in [0.2, 0.25) is 0 Å². The molecule has 0 atom stereocenters. The first-order chi connectivity index (χ1) is 8.63. The Hall–Kier alpha value is -1.64. The summed E-state index contributed by atoms with van der Waals surface area (Å²) in [5.41, 5.74) is 1.01. The van der Waals surface area contributed by atoms with Crippen LogP contribution in [0.15, 0.2) is 24.3 Å². The molecule has 0 fully saturated rings. The number of amides is 2. The quantitative estimate of drug-likeness (QED) is 0.711. The lowest BCUT2D eigenvalue weighted by molar-refractivity contribution is 0.0693. The van der Waals surface area contributed by atoms with Crippen molar-refractivity contribution in [2.75, 3.05) is 7.05 Å². The molecule has 0 N–H and O–H groups in total. The summed E-state index contributed by atoms with van der Waals surface area (Å²) in [7, 11) is 1.49. The Morgan fingerprint density at radius 2 is 1.22 bits per heavy atom. The summed E-state index contributed by atoms with van der Waals surface area (Å²) < 4.78 is 0.